The van der Waals surface area contributed by atoms with Crippen LogP contribution >= 0.6 is 23.2 Å². The largest absolute Gasteiger partial charge is 0.368 e. The van der Waals surface area contributed by atoms with Crippen molar-refractivity contribution in [2.75, 3.05) is 36.4 Å². The Morgan fingerprint density at radius 3 is 2.26 bits per heavy atom. The van der Waals surface area contributed by atoms with Crippen LogP contribution in [-0.2, 0) is 0 Å². The standard InChI is InChI=1S/C17H17Cl2N3O/c18-13-4-6-16(7-5-13)21-8-10-22(11-9-21)17(23)20-15-3-1-2-14(19)12-15/h1-7,12H,8-11H2,(H,20,23). The zero-order valence-corrected chi connectivity index (χ0v) is 14.0. The molecular formula is C17H17Cl2N3O. The Morgan fingerprint density at radius 2 is 1.61 bits per heavy atom. The summed E-state index contributed by atoms with van der Waals surface area (Å²) >= 11 is 11.8. The first-order chi connectivity index (χ1) is 11.1. The Kier molecular flexibility index (Phi) is 4.94. The van der Waals surface area contributed by atoms with Crippen LogP contribution in [-0.4, -0.2) is 37.1 Å². The van der Waals surface area contributed by atoms with E-state index in [1.54, 1.807) is 12.1 Å². The summed E-state index contributed by atoms with van der Waals surface area (Å²) in [6, 6.07) is 14.8. The number of nitrogens with zero attached hydrogens (tertiary/aromatic N) is 2. The third-order valence-corrected chi connectivity index (χ3v) is 4.32. The van der Waals surface area contributed by atoms with Crippen molar-refractivity contribution < 1.29 is 4.79 Å². The van der Waals surface area contributed by atoms with Gasteiger partial charge in [0, 0.05) is 47.6 Å². The van der Waals surface area contributed by atoms with Crippen LogP contribution in [0.25, 0.3) is 0 Å². The number of carbonyl (C=O) groups is 1. The van der Waals surface area contributed by atoms with Crippen LogP contribution in [0, 0.1) is 0 Å². The average Bonchev–Trinajstić information content (AvgIpc) is 2.56. The van der Waals surface area contributed by atoms with Crippen molar-refractivity contribution in [1.29, 1.82) is 0 Å². The fourth-order valence-electron chi connectivity index (χ4n) is 2.59. The summed E-state index contributed by atoms with van der Waals surface area (Å²) in [5.41, 5.74) is 1.84. The second-order valence-corrected chi connectivity index (χ2v) is 6.26. The molecule has 0 bridgehead atoms. The number of hydrogen-bond donors (Lipinski definition) is 1. The van der Waals surface area contributed by atoms with Gasteiger partial charge in [-0.3, -0.25) is 0 Å². The molecule has 0 aliphatic carbocycles. The molecule has 1 saturated heterocycles. The summed E-state index contributed by atoms with van der Waals surface area (Å²) in [6.45, 7) is 2.94. The third kappa shape index (κ3) is 4.09. The maximum absolute atomic E-state index is 12.3. The number of rotatable bonds is 2. The maximum atomic E-state index is 12.3. The molecule has 1 aliphatic rings. The number of nitrogens with one attached hydrogen (secondary N) is 1. The van der Waals surface area contributed by atoms with Crippen molar-refractivity contribution in [3.05, 3.63) is 58.6 Å². The predicted molar refractivity (Wildman–Crippen MR) is 95.7 cm³/mol. The van der Waals surface area contributed by atoms with Gasteiger partial charge >= 0.3 is 6.03 Å². The highest BCUT2D eigenvalue weighted by Crippen LogP contribution is 2.20. The SMILES string of the molecule is O=C(Nc1cccc(Cl)c1)N1CCN(c2ccc(Cl)cc2)CC1. The molecule has 0 atom stereocenters. The highest BCUT2D eigenvalue weighted by atomic mass is 35.5. The van der Waals surface area contributed by atoms with E-state index in [0.29, 0.717) is 23.8 Å². The van der Waals surface area contributed by atoms with Gasteiger partial charge in [-0.25, -0.2) is 4.79 Å². The van der Waals surface area contributed by atoms with Crippen LogP contribution < -0.4 is 10.2 Å². The first-order valence-corrected chi connectivity index (χ1v) is 8.19. The molecule has 120 valence electrons. The van der Waals surface area contributed by atoms with E-state index < -0.39 is 0 Å². The van der Waals surface area contributed by atoms with E-state index in [-0.39, 0.29) is 6.03 Å². The fourth-order valence-corrected chi connectivity index (χ4v) is 2.90. The molecule has 1 fully saturated rings. The highest BCUT2D eigenvalue weighted by Gasteiger charge is 2.21. The maximum Gasteiger partial charge on any atom is 0.321 e. The third-order valence-electron chi connectivity index (χ3n) is 3.83. The summed E-state index contributed by atoms with van der Waals surface area (Å²) < 4.78 is 0. The average molecular weight is 350 g/mol. The first-order valence-electron chi connectivity index (χ1n) is 7.44. The van der Waals surface area contributed by atoms with E-state index in [0.717, 1.165) is 23.8 Å². The number of benzene rings is 2. The van der Waals surface area contributed by atoms with Gasteiger partial charge in [-0.1, -0.05) is 29.3 Å². The molecule has 0 radical (unpaired) electrons. The van der Waals surface area contributed by atoms with E-state index in [2.05, 4.69) is 10.2 Å². The minimum absolute atomic E-state index is 0.0944. The molecule has 1 N–H and O–H groups in total. The zero-order chi connectivity index (χ0) is 16.2. The lowest BCUT2D eigenvalue weighted by Gasteiger charge is -2.36. The van der Waals surface area contributed by atoms with Crippen molar-refractivity contribution in [1.82, 2.24) is 4.90 Å². The first kappa shape index (κ1) is 16.0. The molecule has 23 heavy (non-hydrogen) atoms. The number of anilines is 2. The summed E-state index contributed by atoms with van der Waals surface area (Å²) in [5.74, 6) is 0. The Hall–Kier alpha value is -1.91. The minimum Gasteiger partial charge on any atom is -0.368 e. The minimum atomic E-state index is -0.0944. The number of carbonyl (C=O) groups excluding carboxylic acids is 1. The number of piperazine rings is 1. The summed E-state index contributed by atoms with van der Waals surface area (Å²) in [7, 11) is 0. The molecule has 0 unspecified atom stereocenters. The fraction of sp³-hybridized carbons (Fsp3) is 0.235. The van der Waals surface area contributed by atoms with Crippen LogP contribution in [0.1, 0.15) is 0 Å². The van der Waals surface area contributed by atoms with Crippen molar-refractivity contribution in [2.45, 2.75) is 0 Å². The summed E-state index contributed by atoms with van der Waals surface area (Å²) in [5, 5.41) is 4.22. The molecule has 2 aromatic rings. The molecule has 3 rings (SSSR count). The zero-order valence-electron chi connectivity index (χ0n) is 12.5. The molecule has 0 saturated carbocycles. The van der Waals surface area contributed by atoms with Gasteiger partial charge in [-0.2, -0.15) is 0 Å². The van der Waals surface area contributed by atoms with Crippen molar-refractivity contribution in [2.24, 2.45) is 0 Å². The Labute approximate surface area is 145 Å². The smallest absolute Gasteiger partial charge is 0.321 e. The van der Waals surface area contributed by atoms with Gasteiger partial charge in [0.1, 0.15) is 0 Å². The molecule has 0 spiro atoms. The van der Waals surface area contributed by atoms with Crippen LogP contribution in [0.5, 0.6) is 0 Å². The van der Waals surface area contributed by atoms with Crippen LogP contribution in [0.3, 0.4) is 0 Å². The van der Waals surface area contributed by atoms with Gasteiger partial charge in [-0.15, -0.1) is 0 Å². The predicted octanol–water partition coefficient (Wildman–Crippen LogP) is 4.35. The van der Waals surface area contributed by atoms with Gasteiger partial charge in [0.05, 0.1) is 0 Å². The van der Waals surface area contributed by atoms with Gasteiger partial charge in [0.2, 0.25) is 0 Å². The lowest BCUT2D eigenvalue weighted by Crippen LogP contribution is -2.50. The summed E-state index contributed by atoms with van der Waals surface area (Å²) in [4.78, 5) is 16.4. The monoisotopic (exact) mass is 349 g/mol. The molecule has 2 aromatic carbocycles. The van der Waals surface area contributed by atoms with Crippen molar-refractivity contribution in [3.8, 4) is 0 Å². The second kappa shape index (κ2) is 7.11. The van der Waals surface area contributed by atoms with E-state index in [9.17, 15) is 4.79 Å². The Morgan fingerprint density at radius 1 is 0.913 bits per heavy atom. The van der Waals surface area contributed by atoms with Crippen LogP contribution in [0.2, 0.25) is 10.0 Å². The van der Waals surface area contributed by atoms with Gasteiger partial charge in [-0.05, 0) is 42.5 Å². The number of amides is 2. The van der Waals surface area contributed by atoms with Gasteiger partial charge in [0.25, 0.3) is 0 Å². The second-order valence-electron chi connectivity index (χ2n) is 5.39. The van der Waals surface area contributed by atoms with Crippen LogP contribution in [0.15, 0.2) is 48.5 Å². The molecule has 0 aromatic heterocycles. The molecule has 1 aliphatic heterocycles. The van der Waals surface area contributed by atoms with Gasteiger partial charge in [0.15, 0.2) is 0 Å². The van der Waals surface area contributed by atoms with Crippen molar-refractivity contribution in [3.63, 3.8) is 0 Å². The molecule has 2 amide bonds. The number of hydrogen-bond acceptors (Lipinski definition) is 2. The van der Waals surface area contributed by atoms with Gasteiger partial charge < -0.3 is 15.1 Å². The highest BCUT2D eigenvalue weighted by molar-refractivity contribution is 6.31. The summed E-state index contributed by atoms with van der Waals surface area (Å²) in [6.07, 6.45) is 0. The number of halogens is 2. The molecule has 6 heteroatoms. The van der Waals surface area contributed by atoms with E-state index in [4.69, 9.17) is 23.2 Å². The Balaban J connectivity index is 1.56. The lowest BCUT2D eigenvalue weighted by molar-refractivity contribution is 0.208. The van der Waals surface area contributed by atoms with E-state index in [1.165, 1.54) is 0 Å². The normalized spacial score (nSPS) is 14.7. The van der Waals surface area contributed by atoms with E-state index >= 15 is 0 Å². The van der Waals surface area contributed by atoms with E-state index in [1.807, 2.05) is 41.3 Å². The quantitative estimate of drug-likeness (QED) is 0.874. The Bertz CT molecular complexity index is 682. The molecule has 1 heterocycles. The topological polar surface area (TPSA) is 35.6 Å². The molecular weight excluding hydrogens is 333 g/mol. The molecule has 4 nitrogen and oxygen atoms in total. The van der Waals surface area contributed by atoms with Crippen molar-refractivity contribution >= 4 is 40.6 Å². The van der Waals surface area contributed by atoms with Crippen LogP contribution in [0.4, 0.5) is 16.2 Å². The number of urea groups is 1. The lowest BCUT2D eigenvalue weighted by atomic mass is 10.2.